The Balaban J connectivity index is 1.19. The number of hydrogen-bond acceptors (Lipinski definition) is 5. The number of quaternary nitrogens is 1. The van der Waals surface area contributed by atoms with Crippen molar-refractivity contribution in [3.63, 3.8) is 0 Å². The normalized spacial score (nSPS) is 19.6. The average molecular weight is 389 g/mol. The number of para-hydroxylation sites is 1. The summed E-state index contributed by atoms with van der Waals surface area (Å²) in [6.07, 6.45) is 3.12. The van der Waals surface area contributed by atoms with Crippen LogP contribution in [0.15, 0.2) is 54.6 Å². The van der Waals surface area contributed by atoms with Gasteiger partial charge in [0.1, 0.15) is 12.1 Å². The maximum Gasteiger partial charge on any atom is 0.206 e. The number of benzene rings is 2. The number of tetrazole rings is 1. The van der Waals surface area contributed by atoms with Gasteiger partial charge in [0, 0.05) is 19.4 Å². The molecule has 29 heavy (non-hydrogen) atoms. The number of aryl methyl sites for hydroxylation is 2. The number of hydrogen-bond donors (Lipinski definition) is 1. The van der Waals surface area contributed by atoms with E-state index in [0.29, 0.717) is 6.04 Å². The molecule has 1 N–H and O–H groups in total. The molecule has 1 fully saturated rings. The van der Waals surface area contributed by atoms with Crippen LogP contribution < -0.4 is 4.90 Å². The van der Waals surface area contributed by atoms with E-state index in [1.54, 1.807) is 0 Å². The van der Waals surface area contributed by atoms with Gasteiger partial charge in [0.2, 0.25) is 5.82 Å². The van der Waals surface area contributed by atoms with Gasteiger partial charge in [0.15, 0.2) is 0 Å². The molecule has 0 aliphatic carbocycles. The van der Waals surface area contributed by atoms with Crippen LogP contribution in [0.3, 0.4) is 0 Å². The van der Waals surface area contributed by atoms with Gasteiger partial charge in [0.25, 0.3) is 0 Å². The zero-order valence-electron chi connectivity index (χ0n) is 16.4. The van der Waals surface area contributed by atoms with Crippen molar-refractivity contribution >= 4 is 11.0 Å². The first-order valence-corrected chi connectivity index (χ1v) is 10.3. The maximum absolute atomic E-state index is 4.41. The van der Waals surface area contributed by atoms with E-state index < -0.39 is 0 Å². The minimum absolute atomic E-state index is 0.417. The van der Waals surface area contributed by atoms with Gasteiger partial charge >= 0.3 is 0 Å². The molecule has 0 radical (unpaired) electrons. The molecule has 0 saturated carbocycles. The summed E-state index contributed by atoms with van der Waals surface area (Å²) in [5, 5.41) is 21.1. The van der Waals surface area contributed by atoms with Gasteiger partial charge in [-0.25, -0.2) is 9.36 Å². The lowest BCUT2D eigenvalue weighted by Crippen LogP contribution is -3.11. The molecular formula is C21H25N8+. The standard InChI is InChI=1S/C21H24N8/c1-2-6-17(7-3-1)10-15-28-21(23-24-26-28)16-27-13-11-18(12-14-27)29-20-9-5-4-8-19(20)22-25-29/h1-9,18H,10-16H2/p+1. The maximum atomic E-state index is 4.41. The molecule has 8 heteroatoms. The van der Waals surface area contributed by atoms with Gasteiger partial charge in [-0.15, -0.1) is 10.2 Å². The van der Waals surface area contributed by atoms with Crippen LogP contribution in [0.1, 0.15) is 30.3 Å². The van der Waals surface area contributed by atoms with Crippen molar-refractivity contribution in [3.05, 3.63) is 66.0 Å². The molecule has 1 aliphatic heterocycles. The van der Waals surface area contributed by atoms with Crippen molar-refractivity contribution in [3.8, 4) is 0 Å². The lowest BCUT2D eigenvalue weighted by molar-refractivity contribution is -0.920. The van der Waals surface area contributed by atoms with Crippen molar-refractivity contribution in [1.82, 2.24) is 35.2 Å². The van der Waals surface area contributed by atoms with Gasteiger partial charge in [-0.3, -0.25) is 0 Å². The topological polar surface area (TPSA) is 78.8 Å². The summed E-state index contributed by atoms with van der Waals surface area (Å²) in [5.41, 5.74) is 3.41. The largest absolute Gasteiger partial charge is 0.328 e. The Morgan fingerprint density at radius 2 is 1.69 bits per heavy atom. The molecular weight excluding hydrogens is 364 g/mol. The van der Waals surface area contributed by atoms with E-state index in [1.165, 1.54) is 10.5 Å². The van der Waals surface area contributed by atoms with Crippen LogP contribution in [0.4, 0.5) is 0 Å². The number of piperidine rings is 1. The fourth-order valence-corrected chi connectivity index (χ4v) is 4.22. The molecule has 0 unspecified atom stereocenters. The SMILES string of the molecule is c1ccc(CCn2nnnc2C[NH+]2CCC(n3nnc4ccccc43)CC2)cc1. The summed E-state index contributed by atoms with van der Waals surface area (Å²) in [4.78, 5) is 1.53. The van der Waals surface area contributed by atoms with E-state index in [0.717, 1.165) is 62.3 Å². The summed E-state index contributed by atoms with van der Waals surface area (Å²) in [6.45, 7) is 3.86. The summed E-state index contributed by atoms with van der Waals surface area (Å²) in [7, 11) is 0. The fourth-order valence-electron chi connectivity index (χ4n) is 4.22. The zero-order valence-corrected chi connectivity index (χ0v) is 16.4. The quantitative estimate of drug-likeness (QED) is 0.534. The Labute approximate surface area is 169 Å². The summed E-state index contributed by atoms with van der Waals surface area (Å²) >= 11 is 0. The Bertz CT molecular complexity index is 1060. The predicted molar refractivity (Wildman–Crippen MR) is 108 cm³/mol. The van der Waals surface area contributed by atoms with Gasteiger partial charge in [-0.05, 0) is 34.5 Å². The summed E-state index contributed by atoms with van der Waals surface area (Å²) < 4.78 is 4.06. The van der Waals surface area contributed by atoms with Crippen LogP contribution in [-0.4, -0.2) is 48.3 Å². The van der Waals surface area contributed by atoms with Crippen molar-refractivity contribution in [2.75, 3.05) is 13.1 Å². The molecule has 1 aliphatic rings. The number of aromatic nitrogens is 7. The second kappa shape index (κ2) is 8.08. The molecule has 2 aromatic carbocycles. The van der Waals surface area contributed by atoms with Crippen LogP contribution in [0.5, 0.6) is 0 Å². The fraction of sp³-hybridized carbons (Fsp3) is 0.381. The molecule has 4 aromatic rings. The van der Waals surface area contributed by atoms with Gasteiger partial charge in [-0.1, -0.05) is 47.7 Å². The monoisotopic (exact) mass is 389 g/mol. The average Bonchev–Trinajstić information content (AvgIpc) is 3.40. The Hall–Kier alpha value is -3.13. The van der Waals surface area contributed by atoms with E-state index >= 15 is 0 Å². The molecule has 1 saturated heterocycles. The summed E-state index contributed by atoms with van der Waals surface area (Å²) in [6, 6.07) is 19.1. The number of fused-ring (bicyclic) bond motifs is 1. The number of likely N-dealkylation sites (tertiary alicyclic amines) is 1. The Morgan fingerprint density at radius 3 is 2.55 bits per heavy atom. The second-order valence-corrected chi connectivity index (χ2v) is 7.73. The van der Waals surface area contributed by atoms with Crippen molar-refractivity contribution in [2.24, 2.45) is 0 Å². The van der Waals surface area contributed by atoms with E-state index in [9.17, 15) is 0 Å². The van der Waals surface area contributed by atoms with E-state index in [-0.39, 0.29) is 0 Å². The lowest BCUT2D eigenvalue weighted by atomic mass is 10.0. The van der Waals surface area contributed by atoms with E-state index in [1.807, 2.05) is 22.9 Å². The highest BCUT2D eigenvalue weighted by Crippen LogP contribution is 2.21. The molecule has 0 bridgehead atoms. The molecule has 5 rings (SSSR count). The third kappa shape index (κ3) is 3.88. The molecule has 8 nitrogen and oxygen atoms in total. The molecule has 0 atom stereocenters. The zero-order chi connectivity index (χ0) is 19.5. The smallest absolute Gasteiger partial charge is 0.206 e. The third-order valence-electron chi connectivity index (χ3n) is 5.85. The number of nitrogens with one attached hydrogen (secondary N) is 1. The highest BCUT2D eigenvalue weighted by molar-refractivity contribution is 5.73. The van der Waals surface area contributed by atoms with Crippen LogP contribution in [0.2, 0.25) is 0 Å². The van der Waals surface area contributed by atoms with Crippen molar-refractivity contribution in [2.45, 2.75) is 38.4 Å². The van der Waals surface area contributed by atoms with E-state index in [2.05, 4.69) is 66.9 Å². The number of nitrogens with zero attached hydrogens (tertiary/aromatic N) is 7. The molecule has 0 amide bonds. The highest BCUT2D eigenvalue weighted by Gasteiger charge is 2.26. The van der Waals surface area contributed by atoms with Crippen LogP contribution >= 0.6 is 0 Å². The van der Waals surface area contributed by atoms with Crippen LogP contribution in [0, 0.1) is 0 Å². The van der Waals surface area contributed by atoms with Gasteiger partial charge in [-0.2, -0.15) is 0 Å². The summed E-state index contributed by atoms with van der Waals surface area (Å²) in [5.74, 6) is 0.973. The first kappa shape index (κ1) is 17.9. The molecule has 2 aromatic heterocycles. The third-order valence-corrected chi connectivity index (χ3v) is 5.85. The molecule has 3 heterocycles. The van der Waals surface area contributed by atoms with Gasteiger partial charge in [0.05, 0.1) is 24.6 Å². The minimum atomic E-state index is 0.417. The Morgan fingerprint density at radius 1 is 0.897 bits per heavy atom. The lowest BCUT2D eigenvalue weighted by Gasteiger charge is -2.29. The first-order valence-electron chi connectivity index (χ1n) is 10.3. The number of rotatable bonds is 6. The van der Waals surface area contributed by atoms with Crippen molar-refractivity contribution in [1.29, 1.82) is 0 Å². The van der Waals surface area contributed by atoms with Gasteiger partial charge < -0.3 is 4.90 Å². The van der Waals surface area contributed by atoms with Crippen molar-refractivity contribution < 1.29 is 4.90 Å². The molecule has 148 valence electrons. The predicted octanol–water partition coefficient (Wildman–Crippen LogP) is 1.08. The highest BCUT2D eigenvalue weighted by atomic mass is 15.5. The van der Waals surface area contributed by atoms with Crippen LogP contribution in [0.25, 0.3) is 11.0 Å². The Kier molecular flexibility index (Phi) is 5.00. The van der Waals surface area contributed by atoms with E-state index in [4.69, 9.17) is 0 Å². The first-order chi connectivity index (χ1) is 14.4. The van der Waals surface area contributed by atoms with Crippen LogP contribution in [-0.2, 0) is 19.5 Å². The second-order valence-electron chi connectivity index (χ2n) is 7.73. The minimum Gasteiger partial charge on any atom is -0.328 e. The molecule has 0 spiro atoms.